The Morgan fingerprint density at radius 1 is 1.58 bits per heavy atom. The zero-order valence-corrected chi connectivity index (χ0v) is 6.82. The Labute approximate surface area is 70.1 Å². The second-order valence-corrected chi connectivity index (χ2v) is 2.95. The maximum Gasteiger partial charge on any atom is 0.312 e. The molecule has 0 aromatic carbocycles. The Kier molecular flexibility index (Phi) is 2.65. The largest absolute Gasteiger partial charge is 0.481 e. The maximum absolute atomic E-state index is 11.2. The third-order valence-corrected chi connectivity index (χ3v) is 2.00. The molecule has 1 aliphatic heterocycles. The van der Waals surface area contributed by atoms with Gasteiger partial charge in [0.05, 0.1) is 0 Å². The van der Waals surface area contributed by atoms with Gasteiger partial charge in [-0.15, -0.1) is 0 Å². The predicted molar refractivity (Wildman–Crippen MR) is 39.9 cm³/mol. The summed E-state index contributed by atoms with van der Waals surface area (Å²) in [6.45, 7) is 0.653. The zero-order valence-electron chi connectivity index (χ0n) is 6.82. The van der Waals surface area contributed by atoms with Crippen LogP contribution in [0, 0.1) is 0 Å². The minimum atomic E-state index is -1.07. The molecular formula is C7H13N2O3+. The van der Waals surface area contributed by atoms with E-state index in [-0.39, 0.29) is 12.1 Å². The lowest BCUT2D eigenvalue weighted by molar-refractivity contribution is -0.445. The number of quaternary nitrogens is 1. The second-order valence-electron chi connectivity index (χ2n) is 2.95. The van der Waals surface area contributed by atoms with Crippen LogP contribution in [0.25, 0.3) is 0 Å². The summed E-state index contributed by atoms with van der Waals surface area (Å²) in [6, 6.07) is 0. The van der Waals surface area contributed by atoms with Crippen molar-refractivity contribution >= 4 is 11.9 Å². The van der Waals surface area contributed by atoms with Crippen LogP contribution < -0.4 is 5.73 Å². The van der Waals surface area contributed by atoms with E-state index in [1.165, 1.54) is 4.90 Å². The summed E-state index contributed by atoms with van der Waals surface area (Å²) >= 11 is 0. The van der Waals surface area contributed by atoms with Crippen LogP contribution in [0.5, 0.6) is 0 Å². The third-order valence-electron chi connectivity index (χ3n) is 2.00. The van der Waals surface area contributed by atoms with E-state index in [0.717, 1.165) is 12.8 Å². The molecule has 0 aliphatic carbocycles. The number of nitrogens with zero attached hydrogens (tertiary/aromatic N) is 1. The monoisotopic (exact) mass is 173 g/mol. The Bertz CT molecular complexity index is 205. The summed E-state index contributed by atoms with van der Waals surface area (Å²) in [5.74, 6) is -1.39. The number of carbonyl (C=O) groups excluding carboxylic acids is 1. The summed E-state index contributed by atoms with van der Waals surface area (Å²) in [4.78, 5) is 22.9. The molecule has 0 spiro atoms. The lowest BCUT2D eigenvalue weighted by Crippen LogP contribution is -2.67. The molecular weight excluding hydrogens is 160 g/mol. The fourth-order valence-corrected chi connectivity index (χ4v) is 1.39. The van der Waals surface area contributed by atoms with Gasteiger partial charge in [0, 0.05) is 13.0 Å². The van der Waals surface area contributed by atoms with E-state index in [1.54, 1.807) is 0 Å². The molecule has 1 amide bonds. The number of hydrogen-bond acceptors (Lipinski definition) is 2. The molecule has 5 nitrogen and oxygen atoms in total. The minimum Gasteiger partial charge on any atom is -0.481 e. The molecule has 1 atom stereocenters. The SMILES string of the molecule is [NH3+]C1CCCN1C(=O)CC(=O)O. The van der Waals surface area contributed by atoms with Gasteiger partial charge in [-0.25, -0.2) is 0 Å². The van der Waals surface area contributed by atoms with Gasteiger partial charge in [-0.1, -0.05) is 0 Å². The van der Waals surface area contributed by atoms with Crippen molar-refractivity contribution in [3.8, 4) is 0 Å². The quantitative estimate of drug-likeness (QED) is 0.506. The van der Waals surface area contributed by atoms with Crippen molar-refractivity contribution < 1.29 is 20.4 Å². The van der Waals surface area contributed by atoms with Crippen molar-refractivity contribution in [1.82, 2.24) is 4.90 Å². The van der Waals surface area contributed by atoms with E-state index >= 15 is 0 Å². The van der Waals surface area contributed by atoms with E-state index in [0.29, 0.717) is 6.54 Å². The summed E-state index contributed by atoms with van der Waals surface area (Å²) in [5.41, 5.74) is 3.76. The highest BCUT2D eigenvalue weighted by molar-refractivity contribution is 5.93. The van der Waals surface area contributed by atoms with Gasteiger partial charge in [0.1, 0.15) is 6.42 Å². The zero-order chi connectivity index (χ0) is 9.14. The maximum atomic E-state index is 11.2. The smallest absolute Gasteiger partial charge is 0.312 e. The number of aliphatic carboxylic acids is 1. The summed E-state index contributed by atoms with van der Waals surface area (Å²) in [7, 11) is 0. The topological polar surface area (TPSA) is 85.3 Å². The van der Waals surface area contributed by atoms with Crippen molar-refractivity contribution in [3.05, 3.63) is 0 Å². The van der Waals surface area contributed by atoms with Gasteiger partial charge in [0.15, 0.2) is 6.17 Å². The molecule has 68 valence electrons. The van der Waals surface area contributed by atoms with Crippen molar-refractivity contribution in [1.29, 1.82) is 0 Å². The van der Waals surface area contributed by atoms with Crippen molar-refractivity contribution in [2.45, 2.75) is 25.4 Å². The minimum absolute atomic E-state index is 0.0307. The highest BCUT2D eigenvalue weighted by Gasteiger charge is 2.29. The predicted octanol–water partition coefficient (Wildman–Crippen LogP) is -1.35. The van der Waals surface area contributed by atoms with Crippen LogP contribution in [0.2, 0.25) is 0 Å². The van der Waals surface area contributed by atoms with Crippen LogP contribution in [-0.4, -0.2) is 34.6 Å². The number of amides is 1. The molecule has 1 unspecified atom stereocenters. The van der Waals surface area contributed by atoms with E-state index in [9.17, 15) is 9.59 Å². The molecule has 1 heterocycles. The van der Waals surface area contributed by atoms with E-state index in [2.05, 4.69) is 5.73 Å². The van der Waals surface area contributed by atoms with Crippen LogP contribution in [0.1, 0.15) is 19.3 Å². The fraction of sp³-hybridized carbons (Fsp3) is 0.714. The lowest BCUT2D eigenvalue weighted by Gasteiger charge is -2.16. The number of carboxylic acids is 1. The first kappa shape index (κ1) is 8.99. The molecule has 1 fully saturated rings. The Hall–Kier alpha value is -1.10. The van der Waals surface area contributed by atoms with Gasteiger partial charge in [-0.2, -0.15) is 0 Å². The molecule has 4 N–H and O–H groups in total. The van der Waals surface area contributed by atoms with Crippen LogP contribution in [0.3, 0.4) is 0 Å². The molecule has 12 heavy (non-hydrogen) atoms. The third kappa shape index (κ3) is 1.94. The Morgan fingerprint density at radius 2 is 2.25 bits per heavy atom. The van der Waals surface area contributed by atoms with Crippen LogP contribution in [0.4, 0.5) is 0 Å². The number of carbonyl (C=O) groups is 2. The summed E-state index contributed by atoms with van der Waals surface area (Å²) in [6.07, 6.45) is 1.37. The second kappa shape index (κ2) is 3.53. The van der Waals surface area contributed by atoms with Crippen molar-refractivity contribution in [2.24, 2.45) is 0 Å². The first-order valence-corrected chi connectivity index (χ1v) is 3.95. The lowest BCUT2D eigenvalue weighted by atomic mass is 10.3. The first-order valence-electron chi connectivity index (χ1n) is 3.95. The standard InChI is InChI=1S/C7H12N2O3/c8-5-2-1-3-9(5)6(10)4-7(11)12/h5H,1-4,8H2,(H,11,12)/p+1. The van der Waals surface area contributed by atoms with Crippen molar-refractivity contribution in [3.63, 3.8) is 0 Å². The molecule has 0 aromatic rings. The number of hydrogen-bond donors (Lipinski definition) is 2. The van der Waals surface area contributed by atoms with Gasteiger partial charge in [0.25, 0.3) is 0 Å². The average molecular weight is 173 g/mol. The van der Waals surface area contributed by atoms with Gasteiger partial charge in [-0.3, -0.25) is 14.5 Å². The van der Waals surface area contributed by atoms with Crippen LogP contribution in [0.15, 0.2) is 0 Å². The average Bonchev–Trinajstić information content (AvgIpc) is 2.33. The fourth-order valence-electron chi connectivity index (χ4n) is 1.39. The van der Waals surface area contributed by atoms with Gasteiger partial charge < -0.3 is 10.8 Å². The summed E-state index contributed by atoms with van der Waals surface area (Å²) in [5, 5.41) is 8.36. The first-order chi connectivity index (χ1) is 5.61. The molecule has 0 radical (unpaired) electrons. The van der Waals surface area contributed by atoms with Crippen LogP contribution >= 0.6 is 0 Å². The molecule has 0 bridgehead atoms. The van der Waals surface area contributed by atoms with Crippen LogP contribution in [-0.2, 0) is 9.59 Å². The molecule has 1 rings (SSSR count). The molecule has 1 saturated heterocycles. The van der Waals surface area contributed by atoms with E-state index < -0.39 is 12.4 Å². The van der Waals surface area contributed by atoms with E-state index in [1.807, 2.05) is 0 Å². The highest BCUT2D eigenvalue weighted by Crippen LogP contribution is 2.12. The van der Waals surface area contributed by atoms with E-state index in [4.69, 9.17) is 5.11 Å². The normalized spacial score (nSPS) is 22.8. The molecule has 1 aliphatic rings. The Morgan fingerprint density at radius 3 is 2.67 bits per heavy atom. The highest BCUT2D eigenvalue weighted by atomic mass is 16.4. The van der Waals surface area contributed by atoms with Gasteiger partial charge in [-0.05, 0) is 6.42 Å². The Balaban J connectivity index is 2.46. The summed E-state index contributed by atoms with van der Waals surface area (Å²) < 4.78 is 0. The molecule has 5 heteroatoms. The van der Waals surface area contributed by atoms with Gasteiger partial charge in [0.2, 0.25) is 5.91 Å². The number of rotatable bonds is 2. The van der Waals surface area contributed by atoms with Gasteiger partial charge >= 0.3 is 5.97 Å². The number of likely N-dealkylation sites (tertiary alicyclic amines) is 1. The molecule has 0 aromatic heterocycles. The molecule has 0 saturated carbocycles. The number of carboxylic acid groups (broad SMARTS) is 1. The van der Waals surface area contributed by atoms with Crippen molar-refractivity contribution in [2.75, 3.05) is 6.54 Å².